The van der Waals surface area contributed by atoms with Gasteiger partial charge in [-0.1, -0.05) is 12.1 Å². The van der Waals surface area contributed by atoms with Gasteiger partial charge < -0.3 is 5.32 Å². The minimum absolute atomic E-state index is 0.0537. The highest BCUT2D eigenvalue weighted by Gasteiger charge is 2.06. The zero-order valence-electron chi connectivity index (χ0n) is 10.6. The lowest BCUT2D eigenvalue weighted by molar-refractivity contribution is 0.0951. The normalized spacial score (nSPS) is 10.1. The fourth-order valence-corrected chi connectivity index (χ4v) is 1.67. The summed E-state index contributed by atoms with van der Waals surface area (Å²) >= 11 is 0. The summed E-state index contributed by atoms with van der Waals surface area (Å²) < 4.78 is 0. The largest absolute Gasteiger partial charge is 0.348 e. The summed E-state index contributed by atoms with van der Waals surface area (Å²) in [4.78, 5) is 16.0. The number of carbonyl (C=O) groups is 1. The quantitative estimate of drug-likeness (QED) is 0.896. The van der Waals surface area contributed by atoms with Crippen LogP contribution in [0, 0.1) is 13.8 Å². The van der Waals surface area contributed by atoms with Crippen LogP contribution in [0.1, 0.15) is 27.0 Å². The zero-order valence-corrected chi connectivity index (χ0v) is 10.6. The second kappa shape index (κ2) is 5.45. The molecule has 1 amide bonds. The van der Waals surface area contributed by atoms with Crippen molar-refractivity contribution in [3.63, 3.8) is 0 Å². The molecule has 1 aromatic carbocycles. The van der Waals surface area contributed by atoms with Gasteiger partial charge in [-0.2, -0.15) is 0 Å². The van der Waals surface area contributed by atoms with Crippen LogP contribution in [0.5, 0.6) is 0 Å². The van der Waals surface area contributed by atoms with Crippen molar-refractivity contribution in [2.24, 2.45) is 0 Å². The summed E-state index contributed by atoms with van der Waals surface area (Å²) in [6.07, 6.45) is 3.47. The smallest absolute Gasteiger partial charge is 0.251 e. The number of aryl methyl sites for hydroxylation is 2. The first-order valence-electron chi connectivity index (χ1n) is 5.91. The molecule has 0 saturated carbocycles. The maximum absolute atomic E-state index is 11.9. The number of nitrogens with zero attached hydrogens (tertiary/aromatic N) is 1. The lowest BCUT2D eigenvalue weighted by Gasteiger charge is -2.07. The van der Waals surface area contributed by atoms with Gasteiger partial charge in [0.25, 0.3) is 5.91 Å². The number of pyridine rings is 1. The number of amides is 1. The molecule has 3 nitrogen and oxygen atoms in total. The van der Waals surface area contributed by atoms with E-state index in [1.165, 1.54) is 5.56 Å². The maximum Gasteiger partial charge on any atom is 0.251 e. The van der Waals surface area contributed by atoms with Crippen molar-refractivity contribution in [3.05, 3.63) is 65.0 Å². The third kappa shape index (κ3) is 2.94. The van der Waals surface area contributed by atoms with E-state index in [0.717, 1.165) is 11.1 Å². The van der Waals surface area contributed by atoms with Crippen LogP contribution in [0.2, 0.25) is 0 Å². The van der Waals surface area contributed by atoms with Gasteiger partial charge in [0.15, 0.2) is 0 Å². The molecule has 0 aliphatic carbocycles. The molecule has 0 spiro atoms. The zero-order chi connectivity index (χ0) is 13.0. The van der Waals surface area contributed by atoms with Gasteiger partial charge >= 0.3 is 0 Å². The maximum atomic E-state index is 11.9. The minimum atomic E-state index is -0.0537. The van der Waals surface area contributed by atoms with E-state index in [0.29, 0.717) is 12.1 Å². The Morgan fingerprint density at radius 2 is 2.06 bits per heavy atom. The van der Waals surface area contributed by atoms with Crippen molar-refractivity contribution < 1.29 is 4.79 Å². The van der Waals surface area contributed by atoms with Crippen molar-refractivity contribution in [2.75, 3.05) is 0 Å². The summed E-state index contributed by atoms with van der Waals surface area (Å²) in [6, 6.07) is 9.52. The number of aromatic nitrogens is 1. The van der Waals surface area contributed by atoms with Gasteiger partial charge in [-0.15, -0.1) is 0 Å². The van der Waals surface area contributed by atoms with Crippen molar-refractivity contribution in [1.29, 1.82) is 0 Å². The van der Waals surface area contributed by atoms with Crippen LogP contribution in [0.25, 0.3) is 0 Å². The van der Waals surface area contributed by atoms with Gasteiger partial charge in [0, 0.05) is 24.5 Å². The van der Waals surface area contributed by atoms with Crippen LogP contribution in [-0.4, -0.2) is 10.9 Å². The molecule has 3 heteroatoms. The van der Waals surface area contributed by atoms with E-state index < -0.39 is 0 Å². The van der Waals surface area contributed by atoms with E-state index in [-0.39, 0.29) is 5.91 Å². The average molecular weight is 240 g/mol. The molecule has 1 aromatic heterocycles. The van der Waals surface area contributed by atoms with E-state index in [1.54, 1.807) is 12.4 Å². The highest BCUT2D eigenvalue weighted by atomic mass is 16.1. The van der Waals surface area contributed by atoms with Gasteiger partial charge in [0.05, 0.1) is 0 Å². The highest BCUT2D eigenvalue weighted by Crippen LogP contribution is 2.09. The molecule has 0 aliphatic rings. The Bertz CT molecular complexity index is 550. The average Bonchev–Trinajstić information content (AvgIpc) is 2.40. The molecule has 0 bridgehead atoms. The number of carbonyl (C=O) groups excluding carboxylic acids is 1. The van der Waals surface area contributed by atoms with E-state index in [1.807, 2.05) is 44.2 Å². The topological polar surface area (TPSA) is 42.0 Å². The summed E-state index contributed by atoms with van der Waals surface area (Å²) in [6.45, 7) is 4.54. The van der Waals surface area contributed by atoms with Crippen LogP contribution in [0.3, 0.4) is 0 Å². The molecule has 0 radical (unpaired) electrons. The molecule has 0 aliphatic heterocycles. The first-order chi connectivity index (χ1) is 8.66. The van der Waals surface area contributed by atoms with Crippen molar-refractivity contribution in [3.8, 4) is 0 Å². The molecule has 0 unspecified atom stereocenters. The summed E-state index contributed by atoms with van der Waals surface area (Å²) in [5, 5.41) is 2.88. The lowest BCUT2D eigenvalue weighted by atomic mass is 10.1. The summed E-state index contributed by atoms with van der Waals surface area (Å²) in [7, 11) is 0. The molecule has 18 heavy (non-hydrogen) atoms. The number of rotatable bonds is 3. The lowest BCUT2D eigenvalue weighted by Crippen LogP contribution is -2.22. The molecule has 0 atom stereocenters. The second-order valence-corrected chi connectivity index (χ2v) is 4.34. The van der Waals surface area contributed by atoms with Gasteiger partial charge in [-0.05, 0) is 48.7 Å². The molecular formula is C15H16N2O. The van der Waals surface area contributed by atoms with Crippen LogP contribution in [0.15, 0.2) is 42.7 Å². The third-order valence-corrected chi connectivity index (χ3v) is 2.94. The standard InChI is InChI=1S/C15H16N2O/c1-11-5-6-14(8-12(11)2)15(18)17-10-13-4-3-7-16-9-13/h3-9H,10H2,1-2H3,(H,17,18). The predicted octanol–water partition coefficient (Wildman–Crippen LogP) is 2.63. The first kappa shape index (κ1) is 12.3. The van der Waals surface area contributed by atoms with Gasteiger partial charge in [0.2, 0.25) is 0 Å². The molecule has 2 rings (SSSR count). The Labute approximate surface area is 107 Å². The fourth-order valence-electron chi connectivity index (χ4n) is 1.67. The minimum Gasteiger partial charge on any atom is -0.348 e. The SMILES string of the molecule is Cc1ccc(C(=O)NCc2cccnc2)cc1C. The summed E-state index contributed by atoms with van der Waals surface area (Å²) in [5.41, 5.74) is 4.01. The van der Waals surface area contributed by atoms with Gasteiger partial charge in [0.1, 0.15) is 0 Å². The van der Waals surface area contributed by atoms with Crippen LogP contribution >= 0.6 is 0 Å². The van der Waals surface area contributed by atoms with E-state index in [4.69, 9.17) is 0 Å². The van der Waals surface area contributed by atoms with Crippen LogP contribution in [0.4, 0.5) is 0 Å². The first-order valence-corrected chi connectivity index (χ1v) is 5.91. The number of hydrogen-bond donors (Lipinski definition) is 1. The van der Waals surface area contributed by atoms with Gasteiger partial charge in [-0.3, -0.25) is 9.78 Å². The van der Waals surface area contributed by atoms with E-state index in [9.17, 15) is 4.79 Å². The highest BCUT2D eigenvalue weighted by molar-refractivity contribution is 5.94. The van der Waals surface area contributed by atoms with E-state index >= 15 is 0 Å². The van der Waals surface area contributed by atoms with Gasteiger partial charge in [-0.25, -0.2) is 0 Å². The van der Waals surface area contributed by atoms with Crippen molar-refractivity contribution >= 4 is 5.91 Å². The molecule has 0 fully saturated rings. The molecule has 1 N–H and O–H groups in total. The number of benzene rings is 1. The Hall–Kier alpha value is -2.16. The number of hydrogen-bond acceptors (Lipinski definition) is 2. The Morgan fingerprint density at radius 1 is 1.22 bits per heavy atom. The Kier molecular flexibility index (Phi) is 3.72. The number of nitrogens with one attached hydrogen (secondary N) is 1. The van der Waals surface area contributed by atoms with Crippen molar-refractivity contribution in [1.82, 2.24) is 10.3 Å². The van der Waals surface area contributed by atoms with E-state index in [2.05, 4.69) is 10.3 Å². The van der Waals surface area contributed by atoms with Crippen molar-refractivity contribution in [2.45, 2.75) is 20.4 Å². The summed E-state index contributed by atoms with van der Waals surface area (Å²) in [5.74, 6) is -0.0537. The Balaban J connectivity index is 2.02. The molecular weight excluding hydrogens is 224 g/mol. The third-order valence-electron chi connectivity index (χ3n) is 2.94. The monoisotopic (exact) mass is 240 g/mol. The van der Waals surface area contributed by atoms with Crippen LogP contribution in [-0.2, 0) is 6.54 Å². The molecule has 1 heterocycles. The molecule has 2 aromatic rings. The molecule has 0 saturated heterocycles. The van der Waals surface area contributed by atoms with Crippen LogP contribution < -0.4 is 5.32 Å². The second-order valence-electron chi connectivity index (χ2n) is 4.34. The predicted molar refractivity (Wildman–Crippen MR) is 71.3 cm³/mol. The Morgan fingerprint density at radius 3 is 2.72 bits per heavy atom. The fraction of sp³-hybridized carbons (Fsp3) is 0.200. The molecule has 92 valence electrons.